The molecule has 6 heteroatoms. The number of aromatic nitrogens is 2. The maximum absolute atomic E-state index is 12.5. The Labute approximate surface area is 140 Å². The number of benzene rings is 1. The highest BCUT2D eigenvalue weighted by atomic mass is 35.5. The number of rotatable bonds is 2. The van der Waals surface area contributed by atoms with Gasteiger partial charge in [0, 0.05) is 31.2 Å². The summed E-state index contributed by atoms with van der Waals surface area (Å²) in [6.45, 7) is 3.32. The van der Waals surface area contributed by atoms with E-state index in [1.54, 1.807) is 6.20 Å². The zero-order valence-electron chi connectivity index (χ0n) is 12.9. The first kappa shape index (κ1) is 14.7. The molecule has 3 heterocycles. The number of piperidine rings is 1. The predicted molar refractivity (Wildman–Crippen MR) is 90.7 cm³/mol. The third kappa shape index (κ3) is 2.85. The monoisotopic (exact) mass is 330 g/mol. The lowest BCUT2D eigenvalue weighted by molar-refractivity contribution is -0.137. The Hall–Kier alpha value is -1.88. The van der Waals surface area contributed by atoms with Gasteiger partial charge in [-0.25, -0.2) is 4.98 Å². The number of halogens is 1. The van der Waals surface area contributed by atoms with Crippen molar-refractivity contribution in [1.29, 1.82) is 0 Å². The molecule has 2 aliphatic heterocycles. The van der Waals surface area contributed by atoms with Crippen LogP contribution in [0.25, 0.3) is 11.0 Å². The van der Waals surface area contributed by atoms with Crippen LogP contribution in [-0.4, -0.2) is 47.0 Å². The molecule has 0 radical (unpaired) electrons. The third-order valence-electron chi connectivity index (χ3n) is 4.71. The Morgan fingerprint density at radius 1 is 1.13 bits per heavy atom. The Bertz CT molecular complexity index is 738. The fourth-order valence-electron chi connectivity index (χ4n) is 3.32. The number of carbonyl (C=O) groups is 1. The summed E-state index contributed by atoms with van der Waals surface area (Å²) in [6, 6.07) is 5.51. The first-order valence-electron chi connectivity index (χ1n) is 8.17. The van der Waals surface area contributed by atoms with E-state index in [1.807, 2.05) is 23.1 Å². The quantitative estimate of drug-likeness (QED) is 0.849. The van der Waals surface area contributed by atoms with Gasteiger partial charge in [0.15, 0.2) is 0 Å². The molecule has 0 bridgehead atoms. The van der Waals surface area contributed by atoms with Crippen molar-refractivity contribution in [3.8, 4) is 0 Å². The number of hydrogen-bond donors (Lipinski definition) is 0. The third-order valence-corrected chi connectivity index (χ3v) is 4.95. The van der Waals surface area contributed by atoms with Gasteiger partial charge in [-0.1, -0.05) is 11.6 Å². The summed E-state index contributed by atoms with van der Waals surface area (Å²) in [5.74, 6) is 1.25. The van der Waals surface area contributed by atoms with Gasteiger partial charge in [-0.2, -0.15) is 0 Å². The number of amides is 1. The summed E-state index contributed by atoms with van der Waals surface area (Å²) in [6.07, 6.45) is 5.29. The second-order valence-corrected chi connectivity index (χ2v) is 6.79. The van der Waals surface area contributed by atoms with E-state index >= 15 is 0 Å². The summed E-state index contributed by atoms with van der Waals surface area (Å²) in [4.78, 5) is 25.6. The zero-order chi connectivity index (χ0) is 15.8. The van der Waals surface area contributed by atoms with Crippen LogP contribution in [0.3, 0.4) is 0 Å². The molecule has 2 aromatic rings. The number of fused-ring (bicyclic) bond motifs is 1. The van der Waals surface area contributed by atoms with Crippen LogP contribution in [0.1, 0.15) is 19.3 Å². The average molecular weight is 331 g/mol. The molecule has 2 fully saturated rings. The first-order valence-corrected chi connectivity index (χ1v) is 8.54. The maximum atomic E-state index is 12.5. The molecule has 23 heavy (non-hydrogen) atoms. The predicted octanol–water partition coefficient (Wildman–Crippen LogP) is 2.73. The van der Waals surface area contributed by atoms with Crippen LogP contribution >= 0.6 is 11.6 Å². The summed E-state index contributed by atoms with van der Waals surface area (Å²) >= 11 is 5.97. The molecule has 4 rings (SSSR count). The fraction of sp³-hybridized carbons (Fsp3) is 0.471. The number of anilines is 1. The zero-order valence-corrected chi connectivity index (χ0v) is 13.7. The number of hydrogen-bond acceptors (Lipinski definition) is 4. The molecule has 0 N–H and O–H groups in total. The minimum Gasteiger partial charge on any atom is -0.354 e. The molecule has 1 amide bonds. The summed E-state index contributed by atoms with van der Waals surface area (Å²) in [5, 5.41) is 0.663. The Kier molecular flexibility index (Phi) is 3.81. The molecule has 1 aromatic carbocycles. The highest BCUT2D eigenvalue weighted by molar-refractivity contribution is 6.31. The second kappa shape index (κ2) is 5.96. The molecule has 0 unspecified atom stereocenters. The Morgan fingerprint density at radius 2 is 1.91 bits per heavy atom. The van der Waals surface area contributed by atoms with Crippen molar-refractivity contribution < 1.29 is 4.79 Å². The Morgan fingerprint density at radius 3 is 2.70 bits per heavy atom. The molecule has 5 nitrogen and oxygen atoms in total. The summed E-state index contributed by atoms with van der Waals surface area (Å²) < 4.78 is 0. The standard InChI is InChI=1S/C17H19ClN4O/c18-13-4-5-14-15(8-13)19-9-16(20-14)22-10-12(11-22)17(23)21-6-2-1-3-7-21/h4-5,8-9,12H,1-3,6-7,10-11H2. The van der Waals surface area contributed by atoms with Gasteiger partial charge in [-0.05, 0) is 37.5 Å². The highest BCUT2D eigenvalue weighted by Gasteiger charge is 2.36. The van der Waals surface area contributed by atoms with Crippen molar-refractivity contribution >= 4 is 34.4 Å². The van der Waals surface area contributed by atoms with E-state index in [0.29, 0.717) is 10.9 Å². The van der Waals surface area contributed by atoms with Crippen LogP contribution in [0.4, 0.5) is 5.82 Å². The molecule has 0 saturated carbocycles. The molecule has 2 aliphatic rings. The van der Waals surface area contributed by atoms with Crippen LogP contribution in [0.2, 0.25) is 5.02 Å². The topological polar surface area (TPSA) is 49.3 Å². The van der Waals surface area contributed by atoms with Crippen molar-refractivity contribution in [2.75, 3.05) is 31.1 Å². The smallest absolute Gasteiger partial charge is 0.229 e. The van der Waals surface area contributed by atoms with Gasteiger partial charge in [0.1, 0.15) is 5.82 Å². The Balaban J connectivity index is 1.43. The lowest BCUT2D eigenvalue weighted by Crippen LogP contribution is -2.55. The van der Waals surface area contributed by atoms with Crippen LogP contribution in [0.5, 0.6) is 0 Å². The van der Waals surface area contributed by atoms with Crippen molar-refractivity contribution in [2.45, 2.75) is 19.3 Å². The van der Waals surface area contributed by atoms with E-state index in [2.05, 4.69) is 14.9 Å². The van der Waals surface area contributed by atoms with Crippen molar-refractivity contribution in [2.24, 2.45) is 5.92 Å². The highest BCUT2D eigenvalue weighted by Crippen LogP contribution is 2.26. The minimum atomic E-state index is 0.107. The fourth-order valence-corrected chi connectivity index (χ4v) is 3.49. The molecule has 120 valence electrons. The van der Waals surface area contributed by atoms with E-state index in [9.17, 15) is 4.79 Å². The number of likely N-dealkylation sites (tertiary alicyclic amines) is 1. The van der Waals surface area contributed by atoms with E-state index in [-0.39, 0.29) is 5.92 Å². The molecule has 2 saturated heterocycles. The molecule has 1 aromatic heterocycles. The molecular weight excluding hydrogens is 312 g/mol. The number of carbonyl (C=O) groups excluding carboxylic acids is 1. The minimum absolute atomic E-state index is 0.107. The lowest BCUT2D eigenvalue weighted by Gasteiger charge is -2.42. The van der Waals surface area contributed by atoms with Gasteiger partial charge < -0.3 is 9.80 Å². The maximum Gasteiger partial charge on any atom is 0.229 e. The van der Waals surface area contributed by atoms with Crippen molar-refractivity contribution in [1.82, 2.24) is 14.9 Å². The molecular formula is C17H19ClN4O. The van der Waals surface area contributed by atoms with Gasteiger partial charge in [-0.3, -0.25) is 9.78 Å². The van der Waals surface area contributed by atoms with Crippen LogP contribution in [0, 0.1) is 5.92 Å². The largest absolute Gasteiger partial charge is 0.354 e. The summed E-state index contributed by atoms with van der Waals surface area (Å²) in [5.41, 5.74) is 1.63. The van der Waals surface area contributed by atoms with E-state index in [4.69, 9.17) is 11.6 Å². The summed E-state index contributed by atoms with van der Waals surface area (Å²) in [7, 11) is 0. The SMILES string of the molecule is O=C(C1CN(c2cnc3cc(Cl)ccc3n2)C1)N1CCCCC1. The second-order valence-electron chi connectivity index (χ2n) is 6.35. The van der Waals surface area contributed by atoms with Gasteiger partial charge in [-0.15, -0.1) is 0 Å². The van der Waals surface area contributed by atoms with Gasteiger partial charge in [0.05, 0.1) is 23.1 Å². The molecule has 0 aliphatic carbocycles. The molecule has 0 atom stereocenters. The van der Waals surface area contributed by atoms with Crippen LogP contribution in [0.15, 0.2) is 24.4 Å². The molecule has 0 spiro atoms. The van der Waals surface area contributed by atoms with Crippen molar-refractivity contribution in [3.63, 3.8) is 0 Å². The van der Waals surface area contributed by atoms with Crippen LogP contribution in [-0.2, 0) is 4.79 Å². The lowest BCUT2D eigenvalue weighted by atomic mass is 9.97. The van der Waals surface area contributed by atoms with Gasteiger partial charge >= 0.3 is 0 Å². The number of nitrogens with zero attached hydrogens (tertiary/aromatic N) is 4. The first-order chi connectivity index (χ1) is 11.2. The van der Waals surface area contributed by atoms with E-state index in [0.717, 1.165) is 55.9 Å². The normalized spacial score (nSPS) is 19.0. The van der Waals surface area contributed by atoms with Crippen molar-refractivity contribution in [3.05, 3.63) is 29.4 Å². The van der Waals surface area contributed by atoms with Gasteiger partial charge in [0.25, 0.3) is 0 Å². The average Bonchev–Trinajstić information content (AvgIpc) is 2.54. The van der Waals surface area contributed by atoms with E-state index in [1.165, 1.54) is 6.42 Å². The van der Waals surface area contributed by atoms with E-state index < -0.39 is 0 Å². The van der Waals surface area contributed by atoms with Crippen LogP contribution < -0.4 is 4.90 Å². The van der Waals surface area contributed by atoms with Gasteiger partial charge in [0.2, 0.25) is 5.91 Å².